The number of aromatic nitrogens is 4. The zero-order valence-corrected chi connectivity index (χ0v) is 29.5. The molecule has 240 valence electrons. The molecule has 4 atom stereocenters. The third kappa shape index (κ3) is 7.23. The highest BCUT2D eigenvalue weighted by Gasteiger charge is 2.51. The number of aromatic amines is 1. The van der Waals surface area contributed by atoms with E-state index in [0.29, 0.717) is 18.7 Å². The Hall–Kier alpha value is -2.94. The van der Waals surface area contributed by atoms with Crippen LogP contribution in [-0.4, -0.2) is 83.7 Å². The van der Waals surface area contributed by atoms with Crippen molar-refractivity contribution in [2.45, 2.75) is 63.0 Å². The van der Waals surface area contributed by atoms with Gasteiger partial charge in [-0.25, -0.2) is 9.98 Å². The zero-order valence-electron chi connectivity index (χ0n) is 26.8. The van der Waals surface area contributed by atoms with Crippen LogP contribution < -0.4 is 15.9 Å². The van der Waals surface area contributed by atoms with E-state index in [4.69, 9.17) is 13.9 Å². The second-order valence-electron chi connectivity index (χ2n) is 12.3. The lowest BCUT2D eigenvalue weighted by Gasteiger charge is -2.43. The predicted octanol–water partition coefficient (Wildman–Crippen LogP) is 4.95. The summed E-state index contributed by atoms with van der Waals surface area (Å²) < 4.78 is 22.4. The Balaban J connectivity index is 1.50. The van der Waals surface area contributed by atoms with Gasteiger partial charge in [-0.1, -0.05) is 103 Å². The highest BCUT2D eigenvalue weighted by Crippen LogP contribution is 2.40. The number of rotatable bonds is 12. The average molecular weight is 667 g/mol. The van der Waals surface area contributed by atoms with Gasteiger partial charge in [0.25, 0.3) is 13.9 Å². The summed E-state index contributed by atoms with van der Waals surface area (Å²) in [5, 5.41) is 2.23. The van der Waals surface area contributed by atoms with Gasteiger partial charge in [-0.15, -0.1) is 0 Å². The maximum Gasteiger partial charge on any atom is 0.280 e. The molecule has 1 aliphatic heterocycles. The average Bonchev–Trinajstić information content (AvgIpc) is 3.61. The molecule has 45 heavy (non-hydrogen) atoms. The Labute approximate surface area is 273 Å². The lowest BCUT2D eigenvalue weighted by molar-refractivity contribution is -0.0599. The maximum atomic E-state index is 12.8. The number of benzene rings is 2. The number of hydrogen-bond donors (Lipinski definition) is 1. The lowest BCUT2D eigenvalue weighted by Crippen LogP contribution is -2.67. The highest BCUT2D eigenvalue weighted by molar-refractivity contribution is 8.76. The minimum Gasteiger partial charge on any atom is -0.405 e. The van der Waals surface area contributed by atoms with Gasteiger partial charge in [0, 0.05) is 20.5 Å². The van der Waals surface area contributed by atoms with E-state index in [9.17, 15) is 4.79 Å². The van der Waals surface area contributed by atoms with E-state index >= 15 is 0 Å². The molecule has 4 aromatic rings. The first-order valence-electron chi connectivity index (χ1n) is 15.0. The number of nitrogens with zero attached hydrogens (tertiary/aromatic N) is 5. The van der Waals surface area contributed by atoms with Crippen molar-refractivity contribution in [3.05, 3.63) is 77.3 Å². The summed E-state index contributed by atoms with van der Waals surface area (Å²) in [6.45, 7) is 9.18. The summed E-state index contributed by atoms with van der Waals surface area (Å²) in [6.07, 6.45) is 4.70. The summed E-state index contributed by atoms with van der Waals surface area (Å²) in [5.74, 6) is 0.199. The first-order chi connectivity index (χ1) is 21.5. The molecule has 2 aromatic heterocycles. The van der Waals surface area contributed by atoms with Crippen molar-refractivity contribution in [1.82, 2.24) is 24.4 Å². The van der Waals surface area contributed by atoms with Crippen LogP contribution in [0.25, 0.3) is 11.2 Å². The fourth-order valence-corrected chi connectivity index (χ4v) is 11.9. The van der Waals surface area contributed by atoms with Gasteiger partial charge in [0.05, 0.1) is 25.4 Å². The topological polar surface area (TPSA) is 107 Å². The maximum absolute atomic E-state index is 12.8. The van der Waals surface area contributed by atoms with Crippen LogP contribution in [0, 0.1) is 0 Å². The smallest absolute Gasteiger partial charge is 0.280 e. The Kier molecular flexibility index (Phi) is 10.6. The summed E-state index contributed by atoms with van der Waals surface area (Å²) in [7, 11) is 4.22. The summed E-state index contributed by atoms with van der Waals surface area (Å²) >= 11 is 0. The van der Waals surface area contributed by atoms with Gasteiger partial charge in [0.1, 0.15) is 17.8 Å². The van der Waals surface area contributed by atoms with Gasteiger partial charge in [0.2, 0.25) is 5.95 Å². The quantitative estimate of drug-likeness (QED) is 0.0740. The summed E-state index contributed by atoms with van der Waals surface area (Å²) in [6, 6.07) is 21.2. The van der Waals surface area contributed by atoms with Crippen molar-refractivity contribution < 1.29 is 13.9 Å². The van der Waals surface area contributed by atoms with E-state index in [2.05, 4.69) is 96.2 Å². The van der Waals surface area contributed by atoms with Gasteiger partial charge < -0.3 is 18.8 Å². The molecule has 0 amide bonds. The van der Waals surface area contributed by atoms with Crippen molar-refractivity contribution in [3.8, 4) is 0 Å². The van der Waals surface area contributed by atoms with Crippen LogP contribution in [-0.2, 0) is 13.9 Å². The summed E-state index contributed by atoms with van der Waals surface area (Å²) in [5.41, 5.74) is 0.230. The van der Waals surface area contributed by atoms with Crippen LogP contribution >= 0.6 is 21.6 Å². The first kappa shape index (κ1) is 33.4. The van der Waals surface area contributed by atoms with Gasteiger partial charge >= 0.3 is 0 Å². The fourth-order valence-electron chi connectivity index (χ4n) is 5.89. The molecule has 1 fully saturated rings. The molecule has 1 saturated heterocycles. The van der Waals surface area contributed by atoms with Crippen molar-refractivity contribution in [2.75, 3.05) is 27.0 Å². The van der Waals surface area contributed by atoms with E-state index in [-0.39, 0.29) is 39.7 Å². The standard InChI is InChI=1S/C32H42N6O4S2Si/c1-22(44-43-7)41-25-18-27(38-21-33-28-29(38)35-31(36-30(28)39)34-20-37(5)6)42-26(25)19-40-45(32(2,3)4,23-14-10-8-11-15-23)24-16-12-9-13-17-24/h8-17,20-22,25-27H,18-19H2,1-7H3,(H,35,36,39)/t22-,25?,26-,27-/m1/s1. The fraction of sp³-hybridized carbons (Fsp3) is 0.438. The Morgan fingerprint density at radius 3 is 2.38 bits per heavy atom. The van der Waals surface area contributed by atoms with E-state index in [1.54, 1.807) is 39.2 Å². The van der Waals surface area contributed by atoms with Crippen molar-refractivity contribution in [2.24, 2.45) is 4.99 Å². The third-order valence-electron chi connectivity index (χ3n) is 7.80. The molecule has 1 unspecified atom stereocenters. The number of nitrogens with one attached hydrogen (secondary N) is 1. The molecule has 0 spiro atoms. The second-order valence-corrected chi connectivity index (χ2v) is 19.3. The molecule has 10 nitrogen and oxygen atoms in total. The molecule has 5 rings (SSSR count). The number of aliphatic imine (C=N–C) groups is 1. The molecule has 0 bridgehead atoms. The monoisotopic (exact) mass is 666 g/mol. The van der Waals surface area contributed by atoms with Crippen LogP contribution in [0.4, 0.5) is 5.95 Å². The van der Waals surface area contributed by atoms with Gasteiger partial charge in [-0.3, -0.25) is 14.3 Å². The molecule has 2 aromatic carbocycles. The Morgan fingerprint density at radius 2 is 1.80 bits per heavy atom. The molecule has 3 heterocycles. The minimum atomic E-state index is -2.81. The zero-order chi connectivity index (χ0) is 32.2. The van der Waals surface area contributed by atoms with Crippen molar-refractivity contribution >= 4 is 63.7 Å². The van der Waals surface area contributed by atoms with Crippen LogP contribution in [0.3, 0.4) is 0 Å². The van der Waals surface area contributed by atoms with Gasteiger partial charge in [-0.2, -0.15) is 4.98 Å². The van der Waals surface area contributed by atoms with E-state index in [1.807, 2.05) is 37.1 Å². The van der Waals surface area contributed by atoms with Crippen molar-refractivity contribution in [1.29, 1.82) is 0 Å². The van der Waals surface area contributed by atoms with Crippen LogP contribution in [0.2, 0.25) is 5.04 Å². The predicted molar refractivity (Wildman–Crippen MR) is 188 cm³/mol. The van der Waals surface area contributed by atoms with Gasteiger partial charge in [-0.05, 0) is 28.6 Å². The molecule has 1 aliphatic rings. The van der Waals surface area contributed by atoms with Crippen LogP contribution in [0.5, 0.6) is 0 Å². The van der Waals surface area contributed by atoms with Gasteiger partial charge in [0.15, 0.2) is 11.2 Å². The molecule has 0 aliphatic carbocycles. The summed E-state index contributed by atoms with van der Waals surface area (Å²) in [4.78, 5) is 30.6. The third-order valence-corrected chi connectivity index (χ3v) is 14.8. The largest absolute Gasteiger partial charge is 0.405 e. The normalized spacial score (nSPS) is 19.8. The molecule has 0 saturated carbocycles. The van der Waals surface area contributed by atoms with Crippen LogP contribution in [0.1, 0.15) is 40.3 Å². The second kappa shape index (κ2) is 14.2. The molecule has 13 heteroatoms. The van der Waals surface area contributed by atoms with Crippen molar-refractivity contribution in [3.63, 3.8) is 0 Å². The SMILES string of the molecule is CSS[C@H](C)OC1C[C@H](n2cnc3c(=O)[nH]c(N=CN(C)C)nc32)O[C@@H]1CO[Si](c1ccccc1)(c1ccccc1)C(C)(C)C. The number of ether oxygens (including phenoxy) is 2. The number of imidazole rings is 1. The van der Waals surface area contributed by atoms with E-state index < -0.39 is 14.5 Å². The number of fused-ring (bicyclic) bond motifs is 1. The molecule has 0 radical (unpaired) electrons. The number of H-pyrrole nitrogens is 1. The number of hydrogen-bond acceptors (Lipinski definition) is 9. The Bertz CT molecular complexity index is 1600. The molecular weight excluding hydrogens is 625 g/mol. The highest BCUT2D eigenvalue weighted by atomic mass is 33.1. The van der Waals surface area contributed by atoms with E-state index in [0.717, 1.165) is 0 Å². The minimum absolute atomic E-state index is 0.0600. The molecular formula is C32H42N6O4S2Si. The molecule has 1 N–H and O–H groups in total. The first-order valence-corrected chi connectivity index (χ1v) is 19.5. The Morgan fingerprint density at radius 1 is 1.16 bits per heavy atom. The van der Waals surface area contributed by atoms with E-state index in [1.165, 1.54) is 10.4 Å². The van der Waals surface area contributed by atoms with Crippen LogP contribution in [0.15, 0.2) is 76.8 Å². The lowest BCUT2D eigenvalue weighted by atomic mass is 10.2.